The summed E-state index contributed by atoms with van der Waals surface area (Å²) in [4.78, 5) is 11.6. The summed E-state index contributed by atoms with van der Waals surface area (Å²) in [5.74, 6) is 0.754. The third kappa shape index (κ3) is 2.35. The molecule has 0 atom stereocenters. The minimum Gasteiger partial charge on any atom is -0.340 e. The number of hydrogen-bond donors (Lipinski definition) is 1. The van der Waals surface area contributed by atoms with E-state index in [0.29, 0.717) is 5.15 Å². The van der Waals surface area contributed by atoms with Crippen LogP contribution in [0.1, 0.15) is 5.56 Å². The van der Waals surface area contributed by atoms with Crippen LogP contribution in [0.25, 0.3) is 10.9 Å². The van der Waals surface area contributed by atoms with Crippen LogP contribution >= 0.6 is 23.4 Å². The lowest BCUT2D eigenvalue weighted by molar-refractivity contribution is 1.06. The average Bonchev–Trinajstić information content (AvgIpc) is 2.89. The molecule has 3 rings (SSSR count). The lowest BCUT2D eigenvalue weighted by atomic mass is 10.2. The Kier molecular flexibility index (Phi) is 3.21. The summed E-state index contributed by atoms with van der Waals surface area (Å²) in [5, 5.41) is 2.56. The van der Waals surface area contributed by atoms with E-state index in [1.54, 1.807) is 18.0 Å². The zero-order valence-corrected chi connectivity index (χ0v) is 11.0. The summed E-state index contributed by atoms with van der Waals surface area (Å²) in [5.41, 5.74) is 1.95. The van der Waals surface area contributed by atoms with E-state index in [1.165, 1.54) is 0 Å². The Labute approximate surface area is 114 Å². The van der Waals surface area contributed by atoms with Gasteiger partial charge in [0.2, 0.25) is 0 Å². The van der Waals surface area contributed by atoms with E-state index in [-0.39, 0.29) is 0 Å². The van der Waals surface area contributed by atoms with E-state index in [2.05, 4.69) is 21.0 Å². The third-order valence-electron chi connectivity index (χ3n) is 2.59. The summed E-state index contributed by atoms with van der Waals surface area (Å²) in [6, 6.07) is 10.1. The predicted molar refractivity (Wildman–Crippen MR) is 74.9 cm³/mol. The van der Waals surface area contributed by atoms with Crippen molar-refractivity contribution in [3.8, 4) is 0 Å². The maximum atomic E-state index is 6.19. The van der Waals surface area contributed by atoms with Crippen molar-refractivity contribution in [1.82, 2.24) is 15.0 Å². The molecule has 3 nitrogen and oxygen atoms in total. The van der Waals surface area contributed by atoms with E-state index in [4.69, 9.17) is 11.6 Å². The van der Waals surface area contributed by atoms with Crippen LogP contribution in [0.2, 0.25) is 5.15 Å². The first-order valence-electron chi connectivity index (χ1n) is 5.49. The van der Waals surface area contributed by atoms with Gasteiger partial charge in [-0.15, -0.1) is 0 Å². The number of pyridine rings is 1. The van der Waals surface area contributed by atoms with E-state index in [9.17, 15) is 0 Å². The first-order valence-corrected chi connectivity index (χ1v) is 6.85. The Morgan fingerprint density at radius 3 is 3.00 bits per heavy atom. The number of benzene rings is 1. The van der Waals surface area contributed by atoms with Crippen LogP contribution < -0.4 is 0 Å². The van der Waals surface area contributed by atoms with Crippen LogP contribution in [0.4, 0.5) is 0 Å². The van der Waals surface area contributed by atoms with E-state index < -0.39 is 0 Å². The number of aromatic nitrogens is 3. The maximum absolute atomic E-state index is 6.19. The summed E-state index contributed by atoms with van der Waals surface area (Å²) in [6.45, 7) is 0. The largest absolute Gasteiger partial charge is 0.340 e. The molecule has 0 unspecified atom stereocenters. The fourth-order valence-corrected chi connectivity index (χ4v) is 2.80. The number of imidazole rings is 1. The van der Waals surface area contributed by atoms with Gasteiger partial charge in [0.05, 0.1) is 5.52 Å². The van der Waals surface area contributed by atoms with Crippen molar-refractivity contribution < 1.29 is 0 Å². The molecule has 0 bridgehead atoms. The molecule has 0 aliphatic heterocycles. The summed E-state index contributed by atoms with van der Waals surface area (Å²) in [7, 11) is 0. The monoisotopic (exact) mass is 275 g/mol. The molecule has 0 fully saturated rings. The van der Waals surface area contributed by atoms with Gasteiger partial charge in [0.15, 0.2) is 5.16 Å². The predicted octanol–water partition coefficient (Wildman–Crippen LogP) is 3.90. The Morgan fingerprint density at radius 2 is 2.17 bits per heavy atom. The molecule has 0 radical (unpaired) electrons. The zero-order chi connectivity index (χ0) is 12.4. The molecule has 0 saturated heterocycles. The quantitative estimate of drug-likeness (QED) is 0.582. The molecule has 1 aromatic carbocycles. The first-order chi connectivity index (χ1) is 8.83. The van der Waals surface area contributed by atoms with Crippen LogP contribution in [0.15, 0.2) is 47.9 Å². The summed E-state index contributed by atoms with van der Waals surface area (Å²) < 4.78 is 0. The molecule has 5 heteroatoms. The normalized spacial score (nSPS) is 10.9. The number of para-hydroxylation sites is 1. The van der Waals surface area contributed by atoms with Gasteiger partial charge in [0, 0.05) is 29.1 Å². The van der Waals surface area contributed by atoms with Crippen molar-refractivity contribution >= 4 is 34.3 Å². The molecule has 18 heavy (non-hydrogen) atoms. The summed E-state index contributed by atoms with van der Waals surface area (Å²) >= 11 is 7.80. The Morgan fingerprint density at radius 1 is 1.28 bits per heavy atom. The van der Waals surface area contributed by atoms with Crippen molar-refractivity contribution in [2.75, 3.05) is 0 Å². The number of nitrogens with zero attached hydrogens (tertiary/aromatic N) is 2. The van der Waals surface area contributed by atoms with Gasteiger partial charge in [-0.25, -0.2) is 9.97 Å². The Balaban J connectivity index is 1.89. The maximum Gasteiger partial charge on any atom is 0.165 e. The highest BCUT2D eigenvalue weighted by atomic mass is 35.5. The molecule has 0 aliphatic carbocycles. The van der Waals surface area contributed by atoms with Crippen LogP contribution in [-0.2, 0) is 5.75 Å². The molecule has 0 aliphatic rings. The molecular weight excluding hydrogens is 266 g/mol. The van der Waals surface area contributed by atoms with Gasteiger partial charge in [-0.05, 0) is 12.1 Å². The smallest absolute Gasteiger partial charge is 0.165 e. The average molecular weight is 276 g/mol. The van der Waals surface area contributed by atoms with Gasteiger partial charge in [-0.2, -0.15) is 0 Å². The Bertz CT molecular complexity index is 667. The number of thioether (sulfide) groups is 1. The third-order valence-corrected chi connectivity index (χ3v) is 3.87. The highest BCUT2D eigenvalue weighted by molar-refractivity contribution is 7.98. The van der Waals surface area contributed by atoms with E-state index in [1.807, 2.05) is 30.5 Å². The fraction of sp³-hybridized carbons (Fsp3) is 0.0769. The van der Waals surface area contributed by atoms with Gasteiger partial charge in [-0.1, -0.05) is 41.6 Å². The van der Waals surface area contributed by atoms with Crippen LogP contribution in [0.3, 0.4) is 0 Å². The van der Waals surface area contributed by atoms with Crippen LogP contribution in [-0.4, -0.2) is 15.0 Å². The number of aromatic amines is 1. The molecule has 1 N–H and O–H groups in total. The fourth-order valence-electron chi connectivity index (χ4n) is 1.71. The molecule has 2 aromatic heterocycles. The standard InChI is InChI=1S/C13H10ClN3S/c14-12-10(8-18-13-15-5-6-16-13)7-9-3-1-2-4-11(9)17-12/h1-7H,8H2,(H,15,16). The second-order valence-corrected chi connectivity index (χ2v) is 5.14. The number of H-pyrrole nitrogens is 1. The first kappa shape index (κ1) is 11.6. The van der Waals surface area contributed by atoms with E-state index >= 15 is 0 Å². The second-order valence-electron chi connectivity index (χ2n) is 3.81. The molecule has 2 heterocycles. The lowest BCUT2D eigenvalue weighted by Crippen LogP contribution is -1.89. The number of nitrogens with one attached hydrogen (secondary N) is 1. The van der Waals surface area contributed by atoms with Gasteiger partial charge in [-0.3, -0.25) is 0 Å². The Hall–Kier alpha value is -1.52. The minimum absolute atomic E-state index is 0.563. The van der Waals surface area contributed by atoms with Crippen LogP contribution in [0, 0.1) is 0 Å². The topological polar surface area (TPSA) is 41.6 Å². The van der Waals surface area contributed by atoms with Crippen molar-refractivity contribution in [3.63, 3.8) is 0 Å². The van der Waals surface area contributed by atoms with Crippen molar-refractivity contribution in [1.29, 1.82) is 0 Å². The van der Waals surface area contributed by atoms with Gasteiger partial charge in [0.1, 0.15) is 5.15 Å². The van der Waals surface area contributed by atoms with Crippen LogP contribution in [0.5, 0.6) is 0 Å². The molecule has 0 saturated carbocycles. The minimum atomic E-state index is 0.563. The molecule has 90 valence electrons. The number of halogens is 1. The second kappa shape index (κ2) is 5.00. The van der Waals surface area contributed by atoms with Gasteiger partial charge in [0.25, 0.3) is 0 Å². The highest BCUT2D eigenvalue weighted by Crippen LogP contribution is 2.26. The highest BCUT2D eigenvalue weighted by Gasteiger charge is 2.06. The zero-order valence-electron chi connectivity index (χ0n) is 9.43. The van der Waals surface area contributed by atoms with Gasteiger partial charge < -0.3 is 4.98 Å². The number of fused-ring (bicyclic) bond motifs is 1. The molecule has 0 spiro atoms. The SMILES string of the molecule is Clc1nc2ccccc2cc1CSc1ncc[nH]1. The van der Waals surface area contributed by atoms with Crippen molar-refractivity contribution in [3.05, 3.63) is 53.4 Å². The molecule has 0 amide bonds. The van der Waals surface area contributed by atoms with Crippen molar-refractivity contribution in [2.45, 2.75) is 10.9 Å². The molecular formula is C13H10ClN3S. The van der Waals surface area contributed by atoms with Crippen molar-refractivity contribution in [2.24, 2.45) is 0 Å². The molecule has 3 aromatic rings. The van der Waals surface area contributed by atoms with E-state index in [0.717, 1.165) is 27.4 Å². The number of hydrogen-bond acceptors (Lipinski definition) is 3. The van der Waals surface area contributed by atoms with Gasteiger partial charge >= 0.3 is 0 Å². The summed E-state index contributed by atoms with van der Waals surface area (Å²) in [6.07, 6.45) is 3.55. The lowest BCUT2D eigenvalue weighted by Gasteiger charge is -2.04. The number of rotatable bonds is 3.